The van der Waals surface area contributed by atoms with Crippen LogP contribution in [0.5, 0.6) is 5.88 Å². The van der Waals surface area contributed by atoms with Gasteiger partial charge in [-0.1, -0.05) is 12.1 Å². The predicted octanol–water partition coefficient (Wildman–Crippen LogP) is 3.50. The summed E-state index contributed by atoms with van der Waals surface area (Å²) in [5.74, 6) is -2.05. The van der Waals surface area contributed by atoms with Gasteiger partial charge in [-0.05, 0) is 40.2 Å². The van der Waals surface area contributed by atoms with Gasteiger partial charge in [0.25, 0.3) is 5.88 Å². The second kappa shape index (κ2) is 8.44. The second-order valence-electron chi connectivity index (χ2n) is 5.41. The summed E-state index contributed by atoms with van der Waals surface area (Å²) in [5.41, 5.74) is 0.891. The van der Waals surface area contributed by atoms with Crippen molar-refractivity contribution in [3.8, 4) is 22.8 Å². The molecule has 10 heteroatoms. The first-order valence-corrected chi connectivity index (χ1v) is 8.68. The Hall–Kier alpha value is -2.85. The number of ether oxygens (including phenoxy) is 3. The quantitative estimate of drug-likeness (QED) is 0.323. The molecular formula is C18H14BrF2N3O4. The molecule has 0 N–H and O–H groups in total. The molecule has 0 aliphatic carbocycles. The Balaban J connectivity index is 2.16. The first kappa shape index (κ1) is 19.9. The Morgan fingerprint density at radius 1 is 1.18 bits per heavy atom. The van der Waals surface area contributed by atoms with Crippen LogP contribution in [0.15, 0.2) is 47.1 Å². The van der Waals surface area contributed by atoms with Crippen LogP contribution >= 0.6 is 15.9 Å². The van der Waals surface area contributed by atoms with Gasteiger partial charge in [0, 0.05) is 18.9 Å². The van der Waals surface area contributed by atoms with Gasteiger partial charge < -0.3 is 14.2 Å². The van der Waals surface area contributed by atoms with Crippen LogP contribution in [-0.4, -0.2) is 41.2 Å². The molecule has 0 aliphatic heterocycles. The molecule has 2 heterocycles. The molecule has 0 bridgehead atoms. The van der Waals surface area contributed by atoms with Gasteiger partial charge in [-0.25, -0.2) is 18.9 Å². The highest BCUT2D eigenvalue weighted by atomic mass is 79.9. The van der Waals surface area contributed by atoms with E-state index in [1.54, 1.807) is 6.07 Å². The third kappa shape index (κ3) is 3.87. The third-order valence-corrected chi connectivity index (χ3v) is 4.42. The lowest BCUT2D eigenvalue weighted by Gasteiger charge is -2.13. The average Bonchev–Trinajstić information content (AvgIpc) is 3.02. The topological polar surface area (TPSA) is 75.5 Å². The molecule has 7 nitrogen and oxygen atoms in total. The number of benzene rings is 1. The van der Waals surface area contributed by atoms with E-state index in [0.29, 0.717) is 11.3 Å². The van der Waals surface area contributed by atoms with Gasteiger partial charge in [-0.3, -0.25) is 0 Å². The van der Waals surface area contributed by atoms with Crippen molar-refractivity contribution in [2.45, 2.75) is 6.29 Å². The van der Waals surface area contributed by atoms with Crippen LogP contribution in [0.1, 0.15) is 0 Å². The fraction of sp³-hybridized carbons (Fsp3) is 0.167. The third-order valence-electron chi connectivity index (χ3n) is 3.71. The molecule has 3 aromatic rings. The molecule has 1 atom stereocenters. The van der Waals surface area contributed by atoms with E-state index in [9.17, 15) is 13.6 Å². The van der Waals surface area contributed by atoms with Gasteiger partial charge in [0.1, 0.15) is 16.0 Å². The molecule has 0 aliphatic rings. The zero-order chi connectivity index (χ0) is 20.3. The van der Waals surface area contributed by atoms with Crippen LogP contribution in [0.3, 0.4) is 0 Å². The van der Waals surface area contributed by atoms with Gasteiger partial charge >= 0.3 is 12.3 Å². The molecule has 0 fully saturated rings. The minimum atomic E-state index is -1.38. The summed E-state index contributed by atoms with van der Waals surface area (Å²) < 4.78 is 44.2. The molecule has 0 amide bonds. The van der Waals surface area contributed by atoms with E-state index in [-0.39, 0.29) is 16.0 Å². The fourth-order valence-corrected chi connectivity index (χ4v) is 2.98. The summed E-state index contributed by atoms with van der Waals surface area (Å²) in [7, 11) is 2.44. The highest BCUT2D eigenvalue weighted by Gasteiger charge is 2.27. The van der Waals surface area contributed by atoms with Crippen molar-refractivity contribution in [2.24, 2.45) is 0 Å². The molecule has 0 saturated carbocycles. The molecule has 1 aromatic carbocycles. The van der Waals surface area contributed by atoms with Gasteiger partial charge in [-0.15, -0.1) is 5.10 Å². The van der Waals surface area contributed by atoms with Crippen molar-refractivity contribution in [3.05, 3.63) is 58.8 Å². The average molecular weight is 454 g/mol. The highest BCUT2D eigenvalue weighted by molar-refractivity contribution is 9.10. The summed E-state index contributed by atoms with van der Waals surface area (Å²) in [5, 5.41) is 4.24. The number of rotatable bonds is 6. The Labute approximate surface area is 167 Å². The maximum absolute atomic E-state index is 14.4. The fourth-order valence-electron chi connectivity index (χ4n) is 2.41. The predicted molar refractivity (Wildman–Crippen MR) is 97.9 cm³/mol. The van der Waals surface area contributed by atoms with Crippen LogP contribution in [0.25, 0.3) is 16.9 Å². The van der Waals surface area contributed by atoms with Crippen molar-refractivity contribution >= 4 is 21.9 Å². The summed E-state index contributed by atoms with van der Waals surface area (Å²) in [6, 6.07) is 8.56. The molecule has 3 rings (SSSR count). The zero-order valence-corrected chi connectivity index (χ0v) is 16.3. The van der Waals surface area contributed by atoms with E-state index in [4.69, 9.17) is 9.47 Å². The molecular weight excluding hydrogens is 440 g/mol. The van der Waals surface area contributed by atoms with E-state index in [2.05, 4.69) is 30.7 Å². The molecule has 0 unspecified atom stereocenters. The second-order valence-corrected chi connectivity index (χ2v) is 6.20. The SMILES string of the molecule is COC(=O)[C@H](OC)Oc1nn(-c2ccccc2F)c(-c2ccc(F)nc2)c1Br. The number of esters is 1. The summed E-state index contributed by atoms with van der Waals surface area (Å²) >= 11 is 3.35. The van der Waals surface area contributed by atoms with Crippen LogP contribution in [-0.2, 0) is 14.3 Å². The van der Waals surface area contributed by atoms with Crippen molar-refractivity contribution in [1.29, 1.82) is 0 Å². The van der Waals surface area contributed by atoms with Crippen molar-refractivity contribution in [2.75, 3.05) is 14.2 Å². The van der Waals surface area contributed by atoms with Crippen LogP contribution in [0.4, 0.5) is 8.78 Å². The number of halogens is 3. The number of carbonyl (C=O) groups excluding carboxylic acids is 1. The van der Waals surface area contributed by atoms with Gasteiger partial charge in [0.2, 0.25) is 5.95 Å². The van der Waals surface area contributed by atoms with E-state index in [1.807, 2.05) is 0 Å². The van der Waals surface area contributed by atoms with E-state index in [0.717, 1.165) is 6.07 Å². The number of hydrogen-bond donors (Lipinski definition) is 0. The minimum Gasteiger partial charge on any atom is -0.464 e. The van der Waals surface area contributed by atoms with Crippen molar-refractivity contribution < 1.29 is 27.8 Å². The number of methoxy groups -OCH3 is 2. The standard InChI is InChI=1S/C18H14BrF2N3O4/c1-26-17(25)18(27-2)28-16-14(19)15(10-7-8-13(21)22-9-10)24(23-16)12-6-4-3-5-11(12)20/h3-9,18H,1-2H3/t18-/m1/s1. The van der Waals surface area contributed by atoms with Gasteiger partial charge in [0.15, 0.2) is 0 Å². The summed E-state index contributed by atoms with van der Waals surface area (Å²) in [6.45, 7) is 0. The monoisotopic (exact) mass is 453 g/mol. The molecule has 0 spiro atoms. The summed E-state index contributed by atoms with van der Waals surface area (Å²) in [6.07, 6.45) is -0.115. The van der Waals surface area contributed by atoms with Crippen molar-refractivity contribution in [3.63, 3.8) is 0 Å². The Morgan fingerprint density at radius 2 is 1.93 bits per heavy atom. The Kier molecular flexibility index (Phi) is 6.00. The maximum Gasteiger partial charge on any atom is 0.376 e. The summed E-state index contributed by atoms with van der Waals surface area (Å²) in [4.78, 5) is 15.4. The lowest BCUT2D eigenvalue weighted by Crippen LogP contribution is -2.30. The van der Waals surface area contributed by atoms with Gasteiger partial charge in [0.05, 0.1) is 12.8 Å². The number of hydrogen-bond acceptors (Lipinski definition) is 6. The molecule has 146 valence electrons. The number of nitrogens with zero attached hydrogens (tertiary/aromatic N) is 3. The number of para-hydroxylation sites is 1. The lowest BCUT2D eigenvalue weighted by atomic mass is 10.2. The van der Waals surface area contributed by atoms with E-state index >= 15 is 0 Å². The van der Waals surface area contributed by atoms with Crippen LogP contribution in [0, 0.1) is 11.8 Å². The molecule has 2 aromatic heterocycles. The minimum absolute atomic E-state index is 0.0557. The Bertz CT molecular complexity index is 995. The smallest absolute Gasteiger partial charge is 0.376 e. The van der Waals surface area contributed by atoms with E-state index < -0.39 is 24.0 Å². The maximum atomic E-state index is 14.4. The normalized spacial score (nSPS) is 11.9. The zero-order valence-electron chi connectivity index (χ0n) is 14.7. The Morgan fingerprint density at radius 3 is 2.54 bits per heavy atom. The first-order chi connectivity index (χ1) is 13.5. The van der Waals surface area contributed by atoms with Crippen molar-refractivity contribution in [1.82, 2.24) is 14.8 Å². The number of carbonyl (C=O) groups is 1. The van der Waals surface area contributed by atoms with E-state index in [1.165, 1.54) is 49.4 Å². The van der Waals surface area contributed by atoms with Crippen LogP contribution in [0.2, 0.25) is 0 Å². The molecule has 0 radical (unpaired) electrons. The highest BCUT2D eigenvalue weighted by Crippen LogP contribution is 2.38. The lowest BCUT2D eigenvalue weighted by molar-refractivity contribution is -0.170. The first-order valence-electron chi connectivity index (χ1n) is 7.89. The number of pyridine rings is 1. The molecule has 0 saturated heterocycles. The number of aromatic nitrogens is 3. The largest absolute Gasteiger partial charge is 0.464 e. The van der Waals surface area contributed by atoms with Gasteiger partial charge in [-0.2, -0.15) is 4.39 Å². The van der Waals surface area contributed by atoms with Crippen LogP contribution < -0.4 is 4.74 Å². The molecule has 28 heavy (non-hydrogen) atoms.